The Kier molecular flexibility index (Phi) is 5.62. The summed E-state index contributed by atoms with van der Waals surface area (Å²) in [5.41, 5.74) is 2.25. The van der Waals surface area contributed by atoms with Gasteiger partial charge in [-0.25, -0.2) is 4.98 Å². The normalized spacial score (nSPS) is 13.7. The summed E-state index contributed by atoms with van der Waals surface area (Å²) in [6.07, 6.45) is 1.59. The van der Waals surface area contributed by atoms with Crippen LogP contribution in [0.1, 0.15) is 31.0 Å². The average Bonchev–Trinajstić information content (AvgIpc) is 3.21. The molecule has 3 rings (SSSR count). The van der Waals surface area contributed by atoms with Crippen molar-refractivity contribution in [3.63, 3.8) is 0 Å². The van der Waals surface area contributed by atoms with Gasteiger partial charge in [0.05, 0.1) is 12.1 Å². The lowest BCUT2D eigenvalue weighted by molar-refractivity contribution is -0.120. The van der Waals surface area contributed by atoms with E-state index in [-0.39, 0.29) is 24.1 Å². The zero-order chi connectivity index (χ0) is 18.5. The van der Waals surface area contributed by atoms with Gasteiger partial charge in [0.15, 0.2) is 5.13 Å². The molecule has 2 N–H and O–H groups in total. The third-order valence-corrected chi connectivity index (χ3v) is 4.84. The number of hydrogen-bond donors (Lipinski definition) is 2. The van der Waals surface area contributed by atoms with Crippen molar-refractivity contribution in [1.82, 2.24) is 10.3 Å². The molecule has 0 saturated carbocycles. The Bertz CT molecular complexity index is 833. The summed E-state index contributed by atoms with van der Waals surface area (Å²) >= 11 is 1.39. The van der Waals surface area contributed by atoms with Gasteiger partial charge in [-0.05, 0) is 24.1 Å². The number of amides is 3. The lowest BCUT2D eigenvalue weighted by atomic mass is 10.2. The van der Waals surface area contributed by atoms with E-state index in [2.05, 4.69) is 15.6 Å². The molecule has 8 heteroatoms. The second-order valence-corrected chi connectivity index (χ2v) is 6.94. The first-order valence-corrected chi connectivity index (χ1v) is 9.27. The molecule has 0 atom stereocenters. The summed E-state index contributed by atoms with van der Waals surface area (Å²) < 4.78 is 0. The smallest absolute Gasteiger partial charge is 0.228 e. The molecular weight excluding hydrogens is 352 g/mol. The summed E-state index contributed by atoms with van der Waals surface area (Å²) in [5, 5.41) is 8.04. The lowest BCUT2D eigenvalue weighted by Gasteiger charge is -2.10. The predicted octanol–water partition coefficient (Wildman–Crippen LogP) is 2.09. The van der Waals surface area contributed by atoms with Crippen LogP contribution in [0.15, 0.2) is 29.6 Å². The molecule has 26 heavy (non-hydrogen) atoms. The van der Waals surface area contributed by atoms with E-state index in [1.165, 1.54) is 18.3 Å². The summed E-state index contributed by atoms with van der Waals surface area (Å²) in [7, 11) is 0. The fraction of sp³-hybridized carbons (Fsp3) is 0.333. The molecule has 0 aliphatic carbocycles. The Balaban J connectivity index is 1.52. The van der Waals surface area contributed by atoms with Crippen molar-refractivity contribution in [3.8, 4) is 0 Å². The molecule has 0 unspecified atom stereocenters. The molecule has 2 heterocycles. The predicted molar refractivity (Wildman–Crippen MR) is 100.0 cm³/mol. The van der Waals surface area contributed by atoms with Crippen molar-refractivity contribution in [3.05, 3.63) is 40.9 Å². The topological polar surface area (TPSA) is 91.4 Å². The quantitative estimate of drug-likeness (QED) is 0.812. The maximum atomic E-state index is 12.1. The molecule has 2 aromatic rings. The molecule has 7 nitrogen and oxygen atoms in total. The van der Waals surface area contributed by atoms with Crippen molar-refractivity contribution < 1.29 is 14.4 Å². The standard InChI is InChI=1S/C18H20N4O3S/c1-12(23)20-14-5-2-4-13(8-14)10-19-16(24)9-15-11-26-18(21-15)22-7-3-6-17(22)25/h2,4-5,8,11H,3,6-7,9-10H2,1H3,(H,19,24)(H,20,23). The van der Waals surface area contributed by atoms with E-state index in [0.29, 0.717) is 36.0 Å². The number of nitrogens with one attached hydrogen (secondary N) is 2. The Hall–Kier alpha value is -2.74. The number of carbonyl (C=O) groups is 3. The van der Waals surface area contributed by atoms with Crippen LogP contribution in [0.25, 0.3) is 0 Å². The van der Waals surface area contributed by atoms with Gasteiger partial charge in [0.1, 0.15) is 0 Å². The minimum atomic E-state index is -0.139. The van der Waals surface area contributed by atoms with E-state index in [4.69, 9.17) is 0 Å². The number of benzene rings is 1. The van der Waals surface area contributed by atoms with Gasteiger partial charge in [-0.2, -0.15) is 0 Å². The number of aromatic nitrogens is 1. The van der Waals surface area contributed by atoms with Crippen LogP contribution < -0.4 is 15.5 Å². The minimum absolute atomic E-state index is 0.0920. The van der Waals surface area contributed by atoms with Gasteiger partial charge >= 0.3 is 0 Å². The molecule has 0 spiro atoms. The molecule has 0 bridgehead atoms. The highest BCUT2D eigenvalue weighted by atomic mass is 32.1. The zero-order valence-electron chi connectivity index (χ0n) is 14.4. The molecule has 1 saturated heterocycles. The fourth-order valence-electron chi connectivity index (χ4n) is 2.74. The molecule has 136 valence electrons. The highest BCUT2D eigenvalue weighted by molar-refractivity contribution is 7.14. The van der Waals surface area contributed by atoms with Gasteiger partial charge < -0.3 is 10.6 Å². The monoisotopic (exact) mass is 372 g/mol. The number of carbonyl (C=O) groups excluding carboxylic acids is 3. The number of thiazole rings is 1. The number of anilines is 2. The first kappa shape index (κ1) is 18.1. The van der Waals surface area contributed by atoms with Gasteiger partial charge in [0.2, 0.25) is 17.7 Å². The summed E-state index contributed by atoms with van der Waals surface area (Å²) in [4.78, 5) is 41.1. The van der Waals surface area contributed by atoms with Gasteiger partial charge in [-0.15, -0.1) is 11.3 Å². The van der Waals surface area contributed by atoms with Crippen molar-refractivity contribution in [2.24, 2.45) is 0 Å². The average molecular weight is 372 g/mol. The molecule has 3 amide bonds. The van der Waals surface area contributed by atoms with Crippen LogP contribution in [-0.2, 0) is 27.3 Å². The summed E-state index contributed by atoms with van der Waals surface area (Å²) in [6.45, 7) is 2.52. The largest absolute Gasteiger partial charge is 0.352 e. The highest BCUT2D eigenvalue weighted by Crippen LogP contribution is 2.25. The lowest BCUT2D eigenvalue weighted by Crippen LogP contribution is -2.25. The first-order chi connectivity index (χ1) is 12.5. The minimum Gasteiger partial charge on any atom is -0.352 e. The maximum absolute atomic E-state index is 12.1. The Morgan fingerprint density at radius 1 is 1.35 bits per heavy atom. The second-order valence-electron chi connectivity index (χ2n) is 6.11. The zero-order valence-corrected chi connectivity index (χ0v) is 15.3. The molecule has 1 aliphatic heterocycles. The van der Waals surface area contributed by atoms with Gasteiger partial charge in [0.25, 0.3) is 0 Å². The molecule has 1 aliphatic rings. The third-order valence-electron chi connectivity index (χ3n) is 3.92. The van der Waals surface area contributed by atoms with Crippen molar-refractivity contribution >= 4 is 39.9 Å². The van der Waals surface area contributed by atoms with Crippen LogP contribution in [-0.4, -0.2) is 29.3 Å². The SMILES string of the molecule is CC(=O)Nc1cccc(CNC(=O)Cc2csc(N3CCCC3=O)n2)c1. The van der Waals surface area contributed by atoms with E-state index < -0.39 is 0 Å². The van der Waals surface area contributed by atoms with Crippen LogP contribution in [0, 0.1) is 0 Å². The maximum Gasteiger partial charge on any atom is 0.228 e. The highest BCUT2D eigenvalue weighted by Gasteiger charge is 2.24. The van der Waals surface area contributed by atoms with Crippen LogP contribution in [0.3, 0.4) is 0 Å². The number of hydrogen-bond acceptors (Lipinski definition) is 5. The van der Waals surface area contributed by atoms with E-state index in [9.17, 15) is 14.4 Å². The van der Waals surface area contributed by atoms with E-state index in [0.717, 1.165) is 12.0 Å². The molecule has 1 aromatic heterocycles. The van der Waals surface area contributed by atoms with Gasteiger partial charge in [-0.1, -0.05) is 12.1 Å². The van der Waals surface area contributed by atoms with E-state index in [1.807, 2.05) is 23.6 Å². The fourth-order valence-corrected chi connectivity index (χ4v) is 3.61. The second kappa shape index (κ2) is 8.09. The van der Waals surface area contributed by atoms with Gasteiger partial charge in [0, 0.05) is 37.5 Å². The van der Waals surface area contributed by atoms with E-state index >= 15 is 0 Å². The van der Waals surface area contributed by atoms with Crippen LogP contribution >= 0.6 is 11.3 Å². The Morgan fingerprint density at radius 3 is 2.92 bits per heavy atom. The number of rotatable bonds is 6. The van der Waals surface area contributed by atoms with Crippen molar-refractivity contribution in [2.45, 2.75) is 32.7 Å². The molecular formula is C18H20N4O3S. The van der Waals surface area contributed by atoms with Gasteiger partial charge in [-0.3, -0.25) is 19.3 Å². The number of nitrogens with zero attached hydrogens (tertiary/aromatic N) is 2. The summed E-state index contributed by atoms with van der Waals surface area (Å²) in [5.74, 6) is -0.184. The van der Waals surface area contributed by atoms with E-state index in [1.54, 1.807) is 11.0 Å². The Labute approximate surface area is 155 Å². The van der Waals surface area contributed by atoms with Crippen molar-refractivity contribution in [2.75, 3.05) is 16.8 Å². The first-order valence-electron chi connectivity index (χ1n) is 8.39. The molecule has 0 radical (unpaired) electrons. The molecule has 1 fully saturated rings. The van der Waals surface area contributed by atoms with Crippen molar-refractivity contribution in [1.29, 1.82) is 0 Å². The van der Waals surface area contributed by atoms with Crippen LogP contribution in [0.5, 0.6) is 0 Å². The molecule has 1 aromatic carbocycles. The van der Waals surface area contributed by atoms with Crippen LogP contribution in [0.2, 0.25) is 0 Å². The third kappa shape index (κ3) is 4.66. The Morgan fingerprint density at radius 2 is 2.19 bits per heavy atom. The summed E-state index contributed by atoms with van der Waals surface area (Å²) in [6, 6.07) is 7.32. The van der Waals surface area contributed by atoms with Crippen LogP contribution in [0.4, 0.5) is 10.8 Å².